The predicted molar refractivity (Wildman–Crippen MR) is 51.8 cm³/mol. The highest BCUT2D eigenvalue weighted by molar-refractivity contribution is 5.08. The van der Waals surface area contributed by atoms with Crippen molar-refractivity contribution in [1.82, 2.24) is 4.57 Å². The molecule has 0 bridgehead atoms. The summed E-state index contributed by atoms with van der Waals surface area (Å²) >= 11 is 0. The molecule has 0 aromatic carbocycles. The lowest BCUT2D eigenvalue weighted by Crippen LogP contribution is -2.17. The Labute approximate surface area is 91.4 Å². The van der Waals surface area contributed by atoms with Crippen molar-refractivity contribution in [3.05, 3.63) is 24.0 Å². The first-order valence-corrected chi connectivity index (χ1v) is 4.91. The molecule has 0 radical (unpaired) electrons. The fraction of sp³-hybridized carbons (Fsp3) is 0.600. The summed E-state index contributed by atoms with van der Waals surface area (Å²) in [5.74, 6) is 0. The zero-order valence-electron chi connectivity index (χ0n) is 8.70. The molecule has 0 spiro atoms. The van der Waals surface area contributed by atoms with Crippen LogP contribution in [0.25, 0.3) is 0 Å². The summed E-state index contributed by atoms with van der Waals surface area (Å²) in [4.78, 5) is 0. The van der Waals surface area contributed by atoms with Crippen LogP contribution in [0.4, 0.5) is 13.2 Å². The van der Waals surface area contributed by atoms with Gasteiger partial charge in [-0.3, -0.25) is 0 Å². The minimum Gasteiger partial charge on any atom is -0.392 e. The van der Waals surface area contributed by atoms with Gasteiger partial charge in [0.25, 0.3) is 0 Å². The van der Waals surface area contributed by atoms with E-state index in [1.54, 1.807) is 18.5 Å². The molecule has 3 nitrogen and oxygen atoms in total. The quantitative estimate of drug-likeness (QED) is 0.767. The molecule has 0 aliphatic carbocycles. The Kier molecular flexibility index (Phi) is 4.82. The van der Waals surface area contributed by atoms with E-state index < -0.39 is 12.8 Å². The summed E-state index contributed by atoms with van der Waals surface area (Å²) in [7, 11) is 0. The fourth-order valence-corrected chi connectivity index (χ4v) is 1.26. The van der Waals surface area contributed by atoms with Crippen LogP contribution in [-0.4, -0.2) is 29.1 Å². The summed E-state index contributed by atoms with van der Waals surface area (Å²) < 4.78 is 41.4. The van der Waals surface area contributed by atoms with Gasteiger partial charge in [0.2, 0.25) is 0 Å². The summed E-state index contributed by atoms with van der Waals surface area (Å²) in [6.45, 7) is -0.567. The second kappa shape index (κ2) is 5.91. The number of nitrogens with zero attached hydrogens (tertiary/aromatic N) is 1. The van der Waals surface area contributed by atoms with E-state index in [4.69, 9.17) is 5.11 Å². The normalized spacial score (nSPS) is 12.0. The molecule has 0 amide bonds. The minimum absolute atomic E-state index is 0.0302. The predicted octanol–water partition coefficient (Wildman–Crippen LogP) is 1.95. The van der Waals surface area contributed by atoms with E-state index in [9.17, 15) is 13.2 Å². The maximum atomic E-state index is 11.7. The lowest BCUT2D eigenvalue weighted by molar-refractivity contribution is -0.174. The van der Waals surface area contributed by atoms with Gasteiger partial charge in [-0.2, -0.15) is 13.2 Å². The number of aromatic nitrogens is 1. The van der Waals surface area contributed by atoms with Gasteiger partial charge in [0.1, 0.15) is 6.61 Å². The SMILES string of the molecule is OCc1ccn(CCCOCC(F)(F)F)c1. The molecular formula is C10H14F3NO2. The molecule has 1 aromatic rings. The van der Waals surface area contributed by atoms with Crippen LogP contribution in [0.15, 0.2) is 18.5 Å². The average Bonchev–Trinajstić information content (AvgIpc) is 2.63. The third-order valence-electron chi connectivity index (χ3n) is 1.97. The van der Waals surface area contributed by atoms with Gasteiger partial charge in [-0.05, 0) is 18.1 Å². The maximum absolute atomic E-state index is 11.7. The molecule has 1 aromatic heterocycles. The summed E-state index contributed by atoms with van der Waals surface area (Å²) in [5, 5.41) is 8.79. The van der Waals surface area contributed by atoms with Crippen molar-refractivity contribution in [2.24, 2.45) is 0 Å². The zero-order valence-corrected chi connectivity index (χ0v) is 8.70. The lowest BCUT2D eigenvalue weighted by Gasteiger charge is -2.07. The molecule has 0 unspecified atom stereocenters. The van der Waals surface area contributed by atoms with Crippen molar-refractivity contribution < 1.29 is 23.0 Å². The van der Waals surface area contributed by atoms with E-state index in [0.29, 0.717) is 13.0 Å². The molecule has 1 N–H and O–H groups in total. The summed E-state index contributed by atoms with van der Waals surface area (Å²) in [5.41, 5.74) is 0.788. The number of hydrogen-bond acceptors (Lipinski definition) is 2. The van der Waals surface area contributed by atoms with Crippen LogP contribution in [-0.2, 0) is 17.9 Å². The Morgan fingerprint density at radius 1 is 1.38 bits per heavy atom. The van der Waals surface area contributed by atoms with E-state index in [0.717, 1.165) is 5.56 Å². The molecule has 0 saturated carbocycles. The largest absolute Gasteiger partial charge is 0.411 e. The number of alkyl halides is 3. The topological polar surface area (TPSA) is 34.4 Å². The van der Waals surface area contributed by atoms with Gasteiger partial charge in [0.15, 0.2) is 0 Å². The van der Waals surface area contributed by atoms with Crippen LogP contribution in [0.1, 0.15) is 12.0 Å². The molecule has 0 aliphatic heterocycles. The van der Waals surface area contributed by atoms with Crippen LogP contribution >= 0.6 is 0 Å². The molecule has 0 aliphatic rings. The first-order valence-electron chi connectivity index (χ1n) is 4.91. The summed E-state index contributed by atoms with van der Waals surface area (Å²) in [6, 6.07) is 1.76. The van der Waals surface area contributed by atoms with Crippen molar-refractivity contribution in [3.63, 3.8) is 0 Å². The van der Waals surface area contributed by atoms with Gasteiger partial charge in [-0.15, -0.1) is 0 Å². The van der Waals surface area contributed by atoms with Crippen molar-refractivity contribution in [2.75, 3.05) is 13.2 Å². The first-order chi connectivity index (χ1) is 7.51. The summed E-state index contributed by atoms with van der Waals surface area (Å²) in [6.07, 6.45) is -0.216. The number of aryl methyl sites for hydroxylation is 1. The monoisotopic (exact) mass is 237 g/mol. The zero-order chi connectivity index (χ0) is 12.0. The third kappa shape index (κ3) is 5.18. The molecule has 0 fully saturated rings. The van der Waals surface area contributed by atoms with Crippen LogP contribution in [0, 0.1) is 0 Å². The van der Waals surface area contributed by atoms with Crippen LogP contribution < -0.4 is 0 Å². The van der Waals surface area contributed by atoms with Crippen molar-refractivity contribution in [2.45, 2.75) is 25.7 Å². The van der Waals surface area contributed by atoms with Crippen LogP contribution in [0.3, 0.4) is 0 Å². The number of hydrogen-bond donors (Lipinski definition) is 1. The smallest absolute Gasteiger partial charge is 0.392 e. The second-order valence-corrected chi connectivity index (χ2v) is 3.44. The number of ether oxygens (including phenoxy) is 1. The van der Waals surface area contributed by atoms with Crippen LogP contribution in [0.5, 0.6) is 0 Å². The van der Waals surface area contributed by atoms with E-state index in [1.165, 1.54) is 0 Å². The van der Waals surface area contributed by atoms with Crippen molar-refractivity contribution in [1.29, 1.82) is 0 Å². The molecule has 1 heterocycles. The van der Waals surface area contributed by atoms with Crippen LogP contribution in [0.2, 0.25) is 0 Å². The number of rotatable bonds is 6. The number of halogens is 3. The van der Waals surface area contributed by atoms with Gasteiger partial charge >= 0.3 is 6.18 Å². The number of aliphatic hydroxyl groups excluding tert-OH is 1. The number of aliphatic hydroxyl groups is 1. The fourth-order valence-electron chi connectivity index (χ4n) is 1.26. The highest BCUT2D eigenvalue weighted by Crippen LogP contribution is 2.14. The average molecular weight is 237 g/mol. The minimum atomic E-state index is -4.25. The Bertz CT molecular complexity index is 309. The lowest BCUT2D eigenvalue weighted by atomic mass is 10.4. The Hall–Kier alpha value is -1.01. The molecule has 92 valence electrons. The van der Waals surface area contributed by atoms with E-state index in [-0.39, 0.29) is 13.2 Å². The third-order valence-corrected chi connectivity index (χ3v) is 1.97. The second-order valence-electron chi connectivity index (χ2n) is 3.44. The molecule has 0 atom stereocenters. The molecule has 1 rings (SSSR count). The van der Waals surface area contributed by atoms with Crippen molar-refractivity contribution in [3.8, 4) is 0 Å². The molecule has 16 heavy (non-hydrogen) atoms. The highest BCUT2D eigenvalue weighted by atomic mass is 19.4. The van der Waals surface area contributed by atoms with Crippen molar-refractivity contribution >= 4 is 0 Å². The highest BCUT2D eigenvalue weighted by Gasteiger charge is 2.27. The molecule has 6 heteroatoms. The standard InChI is InChI=1S/C10H14F3NO2/c11-10(12,13)8-16-5-1-3-14-4-2-9(6-14)7-15/h2,4,6,15H,1,3,5,7-8H2. The molecular weight excluding hydrogens is 223 g/mol. The van der Waals surface area contributed by atoms with Gasteiger partial charge in [0, 0.05) is 25.5 Å². The van der Waals surface area contributed by atoms with E-state index in [2.05, 4.69) is 4.74 Å². The van der Waals surface area contributed by atoms with E-state index >= 15 is 0 Å². The molecule has 0 saturated heterocycles. The Balaban J connectivity index is 2.11. The Morgan fingerprint density at radius 2 is 2.12 bits per heavy atom. The Morgan fingerprint density at radius 3 is 2.69 bits per heavy atom. The first kappa shape index (κ1) is 13.1. The maximum Gasteiger partial charge on any atom is 0.411 e. The van der Waals surface area contributed by atoms with Gasteiger partial charge in [0.05, 0.1) is 6.61 Å². The van der Waals surface area contributed by atoms with Gasteiger partial charge < -0.3 is 14.4 Å². The van der Waals surface area contributed by atoms with Gasteiger partial charge in [-0.1, -0.05) is 0 Å². The van der Waals surface area contributed by atoms with Gasteiger partial charge in [-0.25, -0.2) is 0 Å². The van der Waals surface area contributed by atoms with E-state index in [1.807, 2.05) is 4.57 Å².